The van der Waals surface area contributed by atoms with Crippen LogP contribution in [0.25, 0.3) is 0 Å². The number of amides is 1. The van der Waals surface area contributed by atoms with Gasteiger partial charge in [-0.15, -0.1) is 0 Å². The highest BCUT2D eigenvalue weighted by Crippen LogP contribution is 2.48. The molecule has 0 aromatic carbocycles. The first-order chi connectivity index (χ1) is 8.15. The average molecular weight is 235 g/mol. The van der Waals surface area contributed by atoms with E-state index in [0.717, 1.165) is 45.3 Å². The van der Waals surface area contributed by atoms with Crippen LogP contribution in [0.3, 0.4) is 0 Å². The molecule has 0 unspecified atom stereocenters. The van der Waals surface area contributed by atoms with Crippen LogP contribution >= 0.6 is 0 Å². The van der Waals surface area contributed by atoms with E-state index in [4.69, 9.17) is 5.26 Å². The Bertz CT molecular complexity index is 324. The molecule has 2 fully saturated rings. The van der Waals surface area contributed by atoms with Crippen molar-refractivity contribution in [2.75, 3.05) is 33.2 Å². The van der Waals surface area contributed by atoms with Gasteiger partial charge in [0.1, 0.15) is 0 Å². The molecule has 0 aromatic heterocycles. The third kappa shape index (κ3) is 3.19. The zero-order valence-electron chi connectivity index (χ0n) is 10.6. The Labute approximate surface area is 103 Å². The number of hydrogen-bond acceptors (Lipinski definition) is 3. The topological polar surface area (TPSA) is 47.3 Å². The van der Waals surface area contributed by atoms with Crippen LogP contribution in [-0.2, 0) is 4.79 Å². The molecule has 0 aromatic rings. The first-order valence-electron chi connectivity index (χ1n) is 6.48. The van der Waals surface area contributed by atoms with E-state index in [1.807, 2.05) is 11.9 Å². The fraction of sp³-hybridized carbons (Fsp3) is 0.846. The normalized spacial score (nSPS) is 21.6. The SMILES string of the molecule is CN(CC(=O)N1CCCC1)CC1(CC#N)CC1. The van der Waals surface area contributed by atoms with Crippen LogP contribution in [0.4, 0.5) is 0 Å². The summed E-state index contributed by atoms with van der Waals surface area (Å²) in [5.74, 6) is 0.248. The Hall–Kier alpha value is -1.08. The lowest BCUT2D eigenvalue weighted by Crippen LogP contribution is -2.39. The van der Waals surface area contributed by atoms with E-state index in [2.05, 4.69) is 11.0 Å². The summed E-state index contributed by atoms with van der Waals surface area (Å²) in [5.41, 5.74) is 0.203. The largest absolute Gasteiger partial charge is 0.342 e. The van der Waals surface area contributed by atoms with E-state index < -0.39 is 0 Å². The number of nitriles is 1. The van der Waals surface area contributed by atoms with Gasteiger partial charge >= 0.3 is 0 Å². The predicted molar refractivity (Wildman–Crippen MR) is 65.2 cm³/mol. The van der Waals surface area contributed by atoms with Gasteiger partial charge in [0.25, 0.3) is 0 Å². The maximum absolute atomic E-state index is 11.9. The summed E-state index contributed by atoms with van der Waals surface area (Å²) in [4.78, 5) is 16.0. The highest BCUT2D eigenvalue weighted by atomic mass is 16.2. The molecule has 4 heteroatoms. The number of hydrogen-bond donors (Lipinski definition) is 0. The lowest BCUT2D eigenvalue weighted by atomic mass is 10.0. The predicted octanol–water partition coefficient (Wildman–Crippen LogP) is 1.23. The third-order valence-corrected chi connectivity index (χ3v) is 3.88. The summed E-state index contributed by atoms with van der Waals surface area (Å²) in [7, 11) is 1.99. The van der Waals surface area contributed by atoms with Crippen molar-refractivity contribution < 1.29 is 4.79 Å². The Morgan fingerprint density at radius 1 is 1.41 bits per heavy atom. The van der Waals surface area contributed by atoms with Gasteiger partial charge in [0.05, 0.1) is 12.6 Å². The maximum Gasteiger partial charge on any atom is 0.236 e. The van der Waals surface area contributed by atoms with Gasteiger partial charge in [-0.05, 0) is 38.1 Å². The highest BCUT2D eigenvalue weighted by molar-refractivity contribution is 5.78. The van der Waals surface area contributed by atoms with Crippen molar-refractivity contribution in [3.05, 3.63) is 0 Å². The summed E-state index contributed by atoms with van der Waals surface area (Å²) in [5, 5.41) is 8.77. The van der Waals surface area contributed by atoms with Crippen molar-refractivity contribution in [3.8, 4) is 6.07 Å². The number of likely N-dealkylation sites (N-methyl/N-ethyl adjacent to an activating group) is 1. The van der Waals surface area contributed by atoms with Gasteiger partial charge in [0.2, 0.25) is 5.91 Å². The number of carbonyl (C=O) groups excluding carboxylic acids is 1. The standard InChI is InChI=1S/C13H21N3O/c1-15(11-13(4-5-13)6-7-14)10-12(17)16-8-2-3-9-16/h2-6,8-11H2,1H3. The zero-order valence-corrected chi connectivity index (χ0v) is 10.6. The molecule has 0 N–H and O–H groups in total. The van der Waals surface area contributed by atoms with Gasteiger partial charge in [-0.1, -0.05) is 0 Å². The molecule has 0 atom stereocenters. The van der Waals surface area contributed by atoms with Crippen LogP contribution in [0.15, 0.2) is 0 Å². The summed E-state index contributed by atoms with van der Waals surface area (Å²) >= 11 is 0. The molecule has 1 aliphatic heterocycles. The summed E-state index contributed by atoms with van der Waals surface area (Å²) < 4.78 is 0. The van der Waals surface area contributed by atoms with Crippen molar-refractivity contribution in [1.82, 2.24) is 9.80 Å². The van der Waals surface area contributed by atoms with Gasteiger partial charge in [-0.3, -0.25) is 9.69 Å². The van der Waals surface area contributed by atoms with Crippen molar-refractivity contribution in [1.29, 1.82) is 5.26 Å². The third-order valence-electron chi connectivity index (χ3n) is 3.88. The Balaban J connectivity index is 1.75. The van der Waals surface area contributed by atoms with Gasteiger partial charge < -0.3 is 4.90 Å². The minimum Gasteiger partial charge on any atom is -0.342 e. The lowest BCUT2D eigenvalue weighted by molar-refractivity contribution is -0.131. The van der Waals surface area contributed by atoms with Gasteiger partial charge in [-0.25, -0.2) is 0 Å². The summed E-state index contributed by atoms with van der Waals surface area (Å²) in [6.45, 7) is 3.25. The summed E-state index contributed by atoms with van der Waals surface area (Å²) in [6.07, 6.45) is 5.21. The number of rotatable bonds is 5. The van der Waals surface area contributed by atoms with Crippen molar-refractivity contribution in [2.45, 2.75) is 32.1 Å². The molecule has 1 saturated carbocycles. The zero-order chi connectivity index (χ0) is 12.3. The van der Waals surface area contributed by atoms with Crippen LogP contribution < -0.4 is 0 Å². The summed E-state index contributed by atoms with van der Waals surface area (Å²) in [6, 6.07) is 2.26. The second kappa shape index (κ2) is 5.05. The first-order valence-corrected chi connectivity index (χ1v) is 6.48. The van der Waals surface area contributed by atoms with E-state index in [-0.39, 0.29) is 11.3 Å². The fourth-order valence-corrected chi connectivity index (χ4v) is 2.66. The van der Waals surface area contributed by atoms with Crippen LogP contribution in [0.2, 0.25) is 0 Å². The van der Waals surface area contributed by atoms with Crippen LogP contribution in [-0.4, -0.2) is 48.9 Å². The molecule has 94 valence electrons. The van der Waals surface area contributed by atoms with E-state index in [1.54, 1.807) is 0 Å². The molecule has 0 spiro atoms. The molecule has 1 amide bonds. The minimum atomic E-state index is 0.203. The van der Waals surface area contributed by atoms with Gasteiger partial charge in [-0.2, -0.15) is 5.26 Å². The molecule has 1 heterocycles. The molecule has 0 radical (unpaired) electrons. The number of carbonyl (C=O) groups is 1. The Morgan fingerprint density at radius 3 is 2.59 bits per heavy atom. The molecular formula is C13H21N3O. The smallest absolute Gasteiger partial charge is 0.236 e. The molecule has 2 aliphatic rings. The fourth-order valence-electron chi connectivity index (χ4n) is 2.66. The van der Waals surface area contributed by atoms with E-state index in [0.29, 0.717) is 13.0 Å². The van der Waals surface area contributed by atoms with Crippen molar-refractivity contribution in [2.24, 2.45) is 5.41 Å². The minimum absolute atomic E-state index is 0.203. The van der Waals surface area contributed by atoms with Crippen LogP contribution in [0, 0.1) is 16.7 Å². The molecule has 4 nitrogen and oxygen atoms in total. The van der Waals surface area contributed by atoms with Crippen LogP contribution in [0.1, 0.15) is 32.1 Å². The van der Waals surface area contributed by atoms with E-state index in [9.17, 15) is 4.79 Å². The maximum atomic E-state index is 11.9. The lowest BCUT2D eigenvalue weighted by Gasteiger charge is -2.24. The highest BCUT2D eigenvalue weighted by Gasteiger charge is 2.43. The monoisotopic (exact) mass is 235 g/mol. The molecular weight excluding hydrogens is 214 g/mol. The second-order valence-electron chi connectivity index (χ2n) is 5.60. The second-order valence-corrected chi connectivity index (χ2v) is 5.60. The number of nitrogens with zero attached hydrogens (tertiary/aromatic N) is 3. The van der Waals surface area contributed by atoms with Crippen molar-refractivity contribution in [3.63, 3.8) is 0 Å². The quantitative estimate of drug-likeness (QED) is 0.720. The first kappa shape index (κ1) is 12.4. The Morgan fingerprint density at radius 2 is 2.06 bits per heavy atom. The van der Waals surface area contributed by atoms with Crippen LogP contribution in [0.5, 0.6) is 0 Å². The molecule has 0 bridgehead atoms. The molecule has 1 aliphatic carbocycles. The molecule has 2 rings (SSSR count). The van der Waals surface area contributed by atoms with Gasteiger partial charge in [0.15, 0.2) is 0 Å². The number of likely N-dealkylation sites (tertiary alicyclic amines) is 1. The van der Waals surface area contributed by atoms with E-state index in [1.165, 1.54) is 0 Å². The molecule has 1 saturated heterocycles. The van der Waals surface area contributed by atoms with Crippen molar-refractivity contribution >= 4 is 5.91 Å². The van der Waals surface area contributed by atoms with E-state index >= 15 is 0 Å². The average Bonchev–Trinajstić information content (AvgIpc) is 2.83. The molecule has 17 heavy (non-hydrogen) atoms. The Kier molecular flexibility index (Phi) is 3.68. The van der Waals surface area contributed by atoms with Gasteiger partial charge in [0, 0.05) is 26.1 Å².